The Morgan fingerprint density at radius 2 is 1.93 bits per heavy atom. The number of fused-ring (bicyclic) bond motifs is 1. The SMILES string of the molecule is COc1cccc(CCNC(=O)CN(CCc2c[nH]c3ccccc23)C(C)=O)c1. The predicted molar refractivity (Wildman–Crippen MR) is 114 cm³/mol. The van der Waals surface area contributed by atoms with Crippen LogP contribution in [0, 0.1) is 0 Å². The Morgan fingerprint density at radius 3 is 2.72 bits per heavy atom. The molecule has 6 nitrogen and oxygen atoms in total. The Kier molecular flexibility index (Phi) is 6.89. The lowest BCUT2D eigenvalue weighted by Crippen LogP contribution is -2.41. The highest BCUT2D eigenvalue weighted by atomic mass is 16.5. The number of carbonyl (C=O) groups is 2. The molecule has 3 aromatic rings. The van der Waals surface area contributed by atoms with Gasteiger partial charge in [0.2, 0.25) is 11.8 Å². The number of hydrogen-bond acceptors (Lipinski definition) is 3. The van der Waals surface area contributed by atoms with Gasteiger partial charge in [0.1, 0.15) is 5.75 Å². The largest absolute Gasteiger partial charge is 0.497 e. The Morgan fingerprint density at radius 1 is 1.10 bits per heavy atom. The van der Waals surface area contributed by atoms with Crippen LogP contribution in [0.25, 0.3) is 10.9 Å². The summed E-state index contributed by atoms with van der Waals surface area (Å²) in [5, 5.41) is 4.05. The highest BCUT2D eigenvalue weighted by molar-refractivity contribution is 5.84. The van der Waals surface area contributed by atoms with Gasteiger partial charge in [0.15, 0.2) is 0 Å². The fraction of sp³-hybridized carbons (Fsp3) is 0.304. The zero-order valence-corrected chi connectivity index (χ0v) is 16.9. The van der Waals surface area contributed by atoms with Crippen molar-refractivity contribution in [3.8, 4) is 5.75 Å². The molecule has 0 saturated heterocycles. The summed E-state index contributed by atoms with van der Waals surface area (Å²) >= 11 is 0. The topological polar surface area (TPSA) is 74.4 Å². The van der Waals surface area contributed by atoms with Crippen molar-refractivity contribution in [2.24, 2.45) is 0 Å². The molecule has 0 unspecified atom stereocenters. The van der Waals surface area contributed by atoms with E-state index in [0.29, 0.717) is 25.9 Å². The Bertz CT molecular complexity index is 980. The molecule has 152 valence electrons. The molecule has 0 aliphatic heterocycles. The molecule has 2 aromatic carbocycles. The second-order valence-corrected chi connectivity index (χ2v) is 7.00. The Balaban J connectivity index is 1.49. The molecule has 0 saturated carbocycles. The quantitative estimate of drug-likeness (QED) is 0.587. The molecule has 2 amide bonds. The summed E-state index contributed by atoms with van der Waals surface area (Å²) in [5.41, 5.74) is 3.31. The lowest BCUT2D eigenvalue weighted by molar-refractivity contribution is -0.134. The third kappa shape index (κ3) is 5.60. The standard InChI is InChI=1S/C23H27N3O3/c1-17(27)26(13-11-19-15-25-22-9-4-3-8-21(19)22)16-23(28)24-12-10-18-6-5-7-20(14-18)29-2/h3-9,14-15,25H,10-13,16H2,1-2H3,(H,24,28). The zero-order chi connectivity index (χ0) is 20.6. The lowest BCUT2D eigenvalue weighted by atomic mass is 10.1. The first-order chi connectivity index (χ1) is 14.1. The first-order valence-corrected chi connectivity index (χ1v) is 9.77. The monoisotopic (exact) mass is 393 g/mol. The molecule has 3 rings (SSSR count). The van der Waals surface area contributed by atoms with Crippen LogP contribution >= 0.6 is 0 Å². The van der Waals surface area contributed by atoms with Gasteiger partial charge in [-0.15, -0.1) is 0 Å². The van der Waals surface area contributed by atoms with E-state index in [1.807, 2.05) is 48.7 Å². The molecule has 1 heterocycles. The van der Waals surface area contributed by atoms with Crippen LogP contribution in [0.1, 0.15) is 18.1 Å². The zero-order valence-electron chi connectivity index (χ0n) is 16.9. The van der Waals surface area contributed by atoms with Crippen molar-refractivity contribution in [2.45, 2.75) is 19.8 Å². The number of methoxy groups -OCH3 is 1. The van der Waals surface area contributed by atoms with E-state index in [9.17, 15) is 9.59 Å². The number of carbonyl (C=O) groups excluding carboxylic acids is 2. The van der Waals surface area contributed by atoms with Gasteiger partial charge in [-0.3, -0.25) is 9.59 Å². The molecule has 2 N–H and O–H groups in total. The molecule has 0 fully saturated rings. The van der Waals surface area contributed by atoms with Crippen molar-refractivity contribution < 1.29 is 14.3 Å². The molecular weight excluding hydrogens is 366 g/mol. The van der Waals surface area contributed by atoms with Crippen LogP contribution in [0.2, 0.25) is 0 Å². The molecule has 0 spiro atoms. The van der Waals surface area contributed by atoms with Crippen LogP contribution in [0.5, 0.6) is 5.75 Å². The van der Waals surface area contributed by atoms with Crippen LogP contribution in [-0.4, -0.2) is 48.4 Å². The number of aromatic nitrogens is 1. The van der Waals surface area contributed by atoms with Crippen molar-refractivity contribution >= 4 is 22.7 Å². The average molecular weight is 393 g/mol. The van der Waals surface area contributed by atoms with Gasteiger partial charge in [-0.05, 0) is 42.2 Å². The van der Waals surface area contributed by atoms with Crippen molar-refractivity contribution in [2.75, 3.05) is 26.7 Å². The number of amides is 2. The van der Waals surface area contributed by atoms with Gasteiger partial charge >= 0.3 is 0 Å². The van der Waals surface area contributed by atoms with Crippen LogP contribution in [0.4, 0.5) is 0 Å². The van der Waals surface area contributed by atoms with E-state index in [0.717, 1.165) is 27.8 Å². The summed E-state index contributed by atoms with van der Waals surface area (Å²) in [4.78, 5) is 29.1. The second-order valence-electron chi connectivity index (χ2n) is 7.00. The van der Waals surface area contributed by atoms with Crippen LogP contribution in [-0.2, 0) is 22.4 Å². The number of aromatic amines is 1. The summed E-state index contributed by atoms with van der Waals surface area (Å²) in [6.45, 7) is 2.58. The van der Waals surface area contributed by atoms with Gasteiger partial charge in [0.25, 0.3) is 0 Å². The van der Waals surface area contributed by atoms with Gasteiger partial charge in [0, 0.05) is 37.1 Å². The molecule has 0 bridgehead atoms. The molecule has 29 heavy (non-hydrogen) atoms. The lowest BCUT2D eigenvalue weighted by Gasteiger charge is -2.20. The van der Waals surface area contributed by atoms with Crippen molar-refractivity contribution in [1.82, 2.24) is 15.2 Å². The number of nitrogens with one attached hydrogen (secondary N) is 2. The van der Waals surface area contributed by atoms with E-state index in [2.05, 4.69) is 16.4 Å². The normalized spacial score (nSPS) is 10.7. The van der Waals surface area contributed by atoms with Gasteiger partial charge in [0.05, 0.1) is 13.7 Å². The minimum Gasteiger partial charge on any atom is -0.497 e. The third-order valence-electron chi connectivity index (χ3n) is 4.98. The summed E-state index contributed by atoms with van der Waals surface area (Å²) in [6.07, 6.45) is 3.37. The maximum atomic E-state index is 12.3. The fourth-order valence-corrected chi connectivity index (χ4v) is 3.35. The molecular formula is C23H27N3O3. The molecule has 0 radical (unpaired) electrons. The van der Waals surface area contributed by atoms with Crippen molar-refractivity contribution in [3.63, 3.8) is 0 Å². The molecule has 1 aromatic heterocycles. The second kappa shape index (κ2) is 9.78. The van der Waals surface area contributed by atoms with Gasteiger partial charge < -0.3 is 19.9 Å². The number of benzene rings is 2. The van der Waals surface area contributed by atoms with Crippen molar-refractivity contribution in [3.05, 3.63) is 65.9 Å². The van der Waals surface area contributed by atoms with Crippen LogP contribution < -0.4 is 10.1 Å². The van der Waals surface area contributed by atoms with E-state index < -0.39 is 0 Å². The minimum absolute atomic E-state index is 0.0653. The predicted octanol–water partition coefficient (Wildman–Crippen LogP) is 2.93. The number of ether oxygens (including phenoxy) is 1. The number of para-hydroxylation sites is 1. The Hall–Kier alpha value is -3.28. The summed E-state index contributed by atoms with van der Waals surface area (Å²) < 4.78 is 5.21. The van der Waals surface area contributed by atoms with Crippen LogP contribution in [0.3, 0.4) is 0 Å². The highest BCUT2D eigenvalue weighted by Crippen LogP contribution is 2.18. The van der Waals surface area contributed by atoms with E-state index in [-0.39, 0.29) is 18.4 Å². The van der Waals surface area contributed by atoms with Crippen molar-refractivity contribution in [1.29, 1.82) is 0 Å². The van der Waals surface area contributed by atoms with Gasteiger partial charge in [-0.2, -0.15) is 0 Å². The fourth-order valence-electron chi connectivity index (χ4n) is 3.35. The number of rotatable bonds is 9. The highest BCUT2D eigenvalue weighted by Gasteiger charge is 2.14. The van der Waals surface area contributed by atoms with Crippen LogP contribution in [0.15, 0.2) is 54.7 Å². The minimum atomic E-state index is -0.151. The van der Waals surface area contributed by atoms with Gasteiger partial charge in [-0.1, -0.05) is 30.3 Å². The molecule has 0 aliphatic carbocycles. The maximum Gasteiger partial charge on any atom is 0.239 e. The summed E-state index contributed by atoms with van der Waals surface area (Å²) in [5.74, 6) is 0.545. The maximum absolute atomic E-state index is 12.3. The number of hydrogen-bond donors (Lipinski definition) is 2. The third-order valence-corrected chi connectivity index (χ3v) is 4.98. The smallest absolute Gasteiger partial charge is 0.239 e. The number of H-pyrrole nitrogens is 1. The molecule has 6 heteroatoms. The molecule has 0 aliphatic rings. The van der Waals surface area contributed by atoms with E-state index in [1.165, 1.54) is 6.92 Å². The summed E-state index contributed by atoms with van der Waals surface area (Å²) in [7, 11) is 1.63. The van der Waals surface area contributed by atoms with E-state index in [1.54, 1.807) is 12.0 Å². The molecule has 0 atom stereocenters. The van der Waals surface area contributed by atoms with Gasteiger partial charge in [-0.25, -0.2) is 0 Å². The average Bonchev–Trinajstić information content (AvgIpc) is 3.14. The summed E-state index contributed by atoms with van der Waals surface area (Å²) in [6, 6.07) is 15.8. The first kappa shape index (κ1) is 20.5. The van der Waals surface area contributed by atoms with E-state index in [4.69, 9.17) is 4.74 Å². The number of nitrogens with zero attached hydrogens (tertiary/aromatic N) is 1. The first-order valence-electron chi connectivity index (χ1n) is 9.77. The van der Waals surface area contributed by atoms with E-state index >= 15 is 0 Å². The Labute approximate surface area is 170 Å².